The Kier molecular flexibility index (Phi) is 5.37. The van der Waals surface area contributed by atoms with Crippen molar-refractivity contribution in [2.75, 3.05) is 14.2 Å². The number of amides is 1. The average Bonchev–Trinajstić information content (AvgIpc) is 3.24. The Hall–Kier alpha value is -2.38. The minimum absolute atomic E-state index is 0.0465. The number of benzene rings is 1. The second-order valence-corrected chi connectivity index (χ2v) is 8.70. The number of hydrogen-bond donors (Lipinski definition) is 0. The third-order valence-corrected chi connectivity index (χ3v) is 6.98. The van der Waals surface area contributed by atoms with E-state index < -0.39 is 0 Å². The molecule has 0 unspecified atom stereocenters. The van der Waals surface area contributed by atoms with Crippen LogP contribution in [0.2, 0.25) is 0 Å². The Morgan fingerprint density at radius 1 is 1.25 bits per heavy atom. The number of ether oxygens (including phenoxy) is 2. The van der Waals surface area contributed by atoms with Gasteiger partial charge in [-0.1, -0.05) is 6.07 Å². The van der Waals surface area contributed by atoms with Gasteiger partial charge in [-0.2, -0.15) is 0 Å². The number of carbonyl (C=O) groups is 1. The van der Waals surface area contributed by atoms with Crippen molar-refractivity contribution in [3.8, 4) is 21.4 Å². The standard InChI is InChI=1S/C21H22N2O3S2/c1-13-19(28-20(22-13)18-5-4-10-27-18)21(24)23(15-6-7-15)12-14-11-16(25-2)8-9-17(14)26-3/h4-5,8-11,15H,6-7,12H2,1-3H3. The van der Waals surface area contributed by atoms with Gasteiger partial charge in [-0.3, -0.25) is 4.79 Å². The number of aryl methyl sites for hydroxylation is 1. The molecule has 1 saturated carbocycles. The molecule has 1 aromatic carbocycles. The summed E-state index contributed by atoms with van der Waals surface area (Å²) in [6, 6.07) is 10.0. The van der Waals surface area contributed by atoms with Crippen molar-refractivity contribution in [2.45, 2.75) is 32.4 Å². The lowest BCUT2D eigenvalue weighted by atomic mass is 10.1. The molecule has 0 atom stereocenters. The topological polar surface area (TPSA) is 51.7 Å². The molecular weight excluding hydrogens is 392 g/mol. The highest BCUT2D eigenvalue weighted by Crippen LogP contribution is 2.36. The highest BCUT2D eigenvalue weighted by atomic mass is 32.1. The van der Waals surface area contributed by atoms with E-state index in [2.05, 4.69) is 4.98 Å². The van der Waals surface area contributed by atoms with Crippen molar-refractivity contribution in [1.29, 1.82) is 0 Å². The number of thiophene rings is 1. The van der Waals surface area contributed by atoms with Gasteiger partial charge in [-0.15, -0.1) is 22.7 Å². The van der Waals surface area contributed by atoms with Crippen LogP contribution in [0.5, 0.6) is 11.5 Å². The Morgan fingerprint density at radius 2 is 2.07 bits per heavy atom. The van der Waals surface area contributed by atoms with E-state index in [9.17, 15) is 4.79 Å². The zero-order valence-corrected chi connectivity index (χ0v) is 17.7. The molecule has 2 heterocycles. The molecule has 28 heavy (non-hydrogen) atoms. The van der Waals surface area contributed by atoms with Gasteiger partial charge in [0.05, 0.1) is 31.3 Å². The minimum atomic E-state index is 0.0465. The normalized spacial score (nSPS) is 13.4. The first-order valence-electron chi connectivity index (χ1n) is 9.14. The molecular formula is C21H22N2O3S2. The van der Waals surface area contributed by atoms with Crippen molar-refractivity contribution in [2.24, 2.45) is 0 Å². The van der Waals surface area contributed by atoms with Gasteiger partial charge in [0.1, 0.15) is 21.4 Å². The van der Waals surface area contributed by atoms with Crippen LogP contribution in [0.15, 0.2) is 35.7 Å². The summed E-state index contributed by atoms with van der Waals surface area (Å²) in [6.07, 6.45) is 2.07. The fraction of sp³-hybridized carbons (Fsp3) is 0.333. The second-order valence-electron chi connectivity index (χ2n) is 6.75. The molecule has 0 radical (unpaired) electrons. The third-order valence-electron chi connectivity index (χ3n) is 4.80. The summed E-state index contributed by atoms with van der Waals surface area (Å²) >= 11 is 3.12. The maximum atomic E-state index is 13.4. The van der Waals surface area contributed by atoms with Crippen LogP contribution in [0.1, 0.15) is 33.8 Å². The van der Waals surface area contributed by atoms with Gasteiger partial charge in [-0.25, -0.2) is 4.98 Å². The third kappa shape index (κ3) is 3.77. The monoisotopic (exact) mass is 414 g/mol. The van der Waals surface area contributed by atoms with Crippen LogP contribution < -0.4 is 9.47 Å². The summed E-state index contributed by atoms with van der Waals surface area (Å²) in [4.78, 5) is 21.8. The molecule has 1 amide bonds. The maximum absolute atomic E-state index is 13.4. The van der Waals surface area contributed by atoms with E-state index in [4.69, 9.17) is 9.47 Å². The SMILES string of the molecule is COc1ccc(OC)c(CN(C(=O)c2sc(-c3cccs3)nc2C)C2CC2)c1. The predicted molar refractivity (Wildman–Crippen MR) is 113 cm³/mol. The molecule has 0 aliphatic heterocycles. The number of methoxy groups -OCH3 is 2. The quantitative estimate of drug-likeness (QED) is 0.546. The van der Waals surface area contributed by atoms with Gasteiger partial charge in [0, 0.05) is 11.6 Å². The van der Waals surface area contributed by atoms with Gasteiger partial charge in [-0.05, 0) is 49.4 Å². The van der Waals surface area contributed by atoms with Crippen LogP contribution in [0, 0.1) is 6.92 Å². The van der Waals surface area contributed by atoms with E-state index in [-0.39, 0.29) is 11.9 Å². The van der Waals surface area contributed by atoms with E-state index in [1.165, 1.54) is 11.3 Å². The number of aromatic nitrogens is 1. The molecule has 1 fully saturated rings. The van der Waals surface area contributed by atoms with Gasteiger partial charge in [0.2, 0.25) is 0 Å². The summed E-state index contributed by atoms with van der Waals surface area (Å²) in [5, 5.41) is 2.93. The van der Waals surface area contributed by atoms with E-state index in [1.807, 2.05) is 47.5 Å². The van der Waals surface area contributed by atoms with Crippen molar-refractivity contribution in [3.63, 3.8) is 0 Å². The molecule has 0 spiro atoms. The predicted octanol–water partition coefficient (Wildman–Crippen LogP) is 5.00. The van der Waals surface area contributed by atoms with Gasteiger partial charge < -0.3 is 14.4 Å². The summed E-state index contributed by atoms with van der Waals surface area (Å²) in [5.74, 6) is 1.57. The molecule has 5 nitrogen and oxygen atoms in total. The van der Waals surface area contributed by atoms with Crippen LogP contribution in [0.25, 0.3) is 9.88 Å². The van der Waals surface area contributed by atoms with Crippen molar-refractivity contribution >= 4 is 28.6 Å². The lowest BCUT2D eigenvalue weighted by molar-refractivity contribution is 0.0732. The van der Waals surface area contributed by atoms with Crippen LogP contribution >= 0.6 is 22.7 Å². The summed E-state index contributed by atoms with van der Waals surface area (Å²) in [6.45, 7) is 2.41. The Balaban J connectivity index is 1.63. The first-order chi connectivity index (χ1) is 13.6. The minimum Gasteiger partial charge on any atom is -0.497 e. The molecule has 2 aromatic heterocycles. The van der Waals surface area contributed by atoms with Gasteiger partial charge in [0.15, 0.2) is 0 Å². The van der Waals surface area contributed by atoms with Crippen LogP contribution in [-0.2, 0) is 6.54 Å². The number of hydrogen-bond acceptors (Lipinski definition) is 6. The van der Waals surface area contributed by atoms with E-state index >= 15 is 0 Å². The average molecular weight is 415 g/mol. The molecule has 1 aliphatic rings. The number of nitrogens with zero attached hydrogens (tertiary/aromatic N) is 2. The first kappa shape index (κ1) is 19.0. The van der Waals surface area contributed by atoms with Crippen LogP contribution in [-0.4, -0.2) is 36.1 Å². The first-order valence-corrected chi connectivity index (χ1v) is 10.8. The molecule has 3 aromatic rings. The molecule has 0 N–H and O–H groups in total. The summed E-state index contributed by atoms with van der Waals surface area (Å²) in [7, 11) is 3.29. The molecule has 1 aliphatic carbocycles. The van der Waals surface area contributed by atoms with E-state index in [0.717, 1.165) is 50.4 Å². The Labute approximate surface area is 172 Å². The van der Waals surface area contributed by atoms with Crippen molar-refractivity contribution in [1.82, 2.24) is 9.88 Å². The summed E-state index contributed by atoms with van der Waals surface area (Å²) < 4.78 is 10.9. The number of rotatable bonds is 7. The van der Waals surface area contributed by atoms with Crippen molar-refractivity contribution in [3.05, 3.63) is 51.8 Å². The highest BCUT2D eigenvalue weighted by molar-refractivity contribution is 7.22. The second kappa shape index (κ2) is 7.93. The zero-order chi connectivity index (χ0) is 19.7. The van der Waals surface area contributed by atoms with E-state index in [0.29, 0.717) is 6.54 Å². The van der Waals surface area contributed by atoms with Crippen LogP contribution in [0.3, 0.4) is 0 Å². The summed E-state index contributed by atoms with van der Waals surface area (Å²) in [5.41, 5.74) is 1.74. The molecule has 0 saturated heterocycles. The van der Waals surface area contributed by atoms with Gasteiger partial charge >= 0.3 is 0 Å². The fourth-order valence-corrected chi connectivity index (χ4v) is 4.99. The largest absolute Gasteiger partial charge is 0.497 e. The lowest BCUT2D eigenvalue weighted by Crippen LogP contribution is -2.32. The zero-order valence-electron chi connectivity index (χ0n) is 16.1. The van der Waals surface area contributed by atoms with Gasteiger partial charge in [0.25, 0.3) is 5.91 Å². The number of thiazole rings is 1. The lowest BCUT2D eigenvalue weighted by Gasteiger charge is -2.23. The molecule has 146 valence electrons. The van der Waals surface area contributed by atoms with Crippen LogP contribution in [0.4, 0.5) is 0 Å². The Morgan fingerprint density at radius 3 is 2.71 bits per heavy atom. The maximum Gasteiger partial charge on any atom is 0.266 e. The number of carbonyl (C=O) groups excluding carboxylic acids is 1. The Bertz CT molecular complexity index is 978. The highest BCUT2D eigenvalue weighted by Gasteiger charge is 2.35. The molecule has 4 rings (SSSR count). The van der Waals surface area contributed by atoms with E-state index in [1.54, 1.807) is 25.6 Å². The smallest absolute Gasteiger partial charge is 0.266 e. The van der Waals surface area contributed by atoms with Crippen molar-refractivity contribution < 1.29 is 14.3 Å². The molecule has 7 heteroatoms. The fourth-order valence-electron chi connectivity index (χ4n) is 3.17. The molecule has 0 bridgehead atoms.